The predicted octanol–water partition coefficient (Wildman–Crippen LogP) is 1.55. The highest BCUT2D eigenvalue weighted by Gasteiger charge is 2.15. The summed E-state index contributed by atoms with van der Waals surface area (Å²) in [5.41, 5.74) is 1.67. The first-order valence-electron chi connectivity index (χ1n) is 6.63. The van der Waals surface area contributed by atoms with E-state index in [0.717, 1.165) is 11.8 Å². The van der Waals surface area contributed by atoms with Crippen molar-refractivity contribution in [1.82, 2.24) is 19.7 Å². The SMILES string of the molecule is CS(=O)(=O)c1nccc(-n2cc(C=O)c(-c3ccccc3)n2)n1. The lowest BCUT2D eigenvalue weighted by atomic mass is 10.1. The van der Waals surface area contributed by atoms with Crippen LogP contribution < -0.4 is 0 Å². The van der Waals surface area contributed by atoms with E-state index in [2.05, 4.69) is 15.1 Å². The Hall–Kier alpha value is -2.87. The number of aromatic nitrogens is 4. The average Bonchev–Trinajstić information content (AvgIpc) is 2.99. The van der Waals surface area contributed by atoms with Gasteiger partial charge in [0.1, 0.15) is 5.69 Å². The number of sulfone groups is 1. The van der Waals surface area contributed by atoms with Crippen molar-refractivity contribution in [3.8, 4) is 17.1 Å². The van der Waals surface area contributed by atoms with Gasteiger partial charge in [-0.15, -0.1) is 0 Å². The van der Waals surface area contributed by atoms with E-state index in [0.29, 0.717) is 17.5 Å². The Balaban J connectivity index is 2.12. The molecule has 0 amide bonds. The highest BCUT2D eigenvalue weighted by atomic mass is 32.2. The molecule has 0 N–H and O–H groups in total. The molecule has 0 atom stereocenters. The van der Waals surface area contributed by atoms with Crippen LogP contribution in [0.1, 0.15) is 10.4 Å². The summed E-state index contributed by atoms with van der Waals surface area (Å²) in [4.78, 5) is 19.0. The van der Waals surface area contributed by atoms with E-state index in [4.69, 9.17) is 0 Å². The summed E-state index contributed by atoms with van der Waals surface area (Å²) in [6.07, 6.45) is 4.57. The van der Waals surface area contributed by atoms with Crippen molar-refractivity contribution in [2.45, 2.75) is 5.16 Å². The van der Waals surface area contributed by atoms with E-state index in [-0.39, 0.29) is 11.0 Å². The quantitative estimate of drug-likeness (QED) is 0.532. The second-order valence-electron chi connectivity index (χ2n) is 4.83. The topological polar surface area (TPSA) is 94.8 Å². The fourth-order valence-corrected chi connectivity index (χ4v) is 2.56. The molecule has 2 heterocycles. The molecule has 23 heavy (non-hydrogen) atoms. The van der Waals surface area contributed by atoms with Gasteiger partial charge < -0.3 is 0 Å². The zero-order valence-corrected chi connectivity index (χ0v) is 12.9. The first kappa shape index (κ1) is 15.0. The van der Waals surface area contributed by atoms with E-state index in [1.54, 1.807) is 0 Å². The van der Waals surface area contributed by atoms with Gasteiger partial charge >= 0.3 is 0 Å². The molecule has 0 aliphatic heterocycles. The van der Waals surface area contributed by atoms with Crippen molar-refractivity contribution in [3.05, 3.63) is 54.4 Å². The molecule has 0 saturated heterocycles. The average molecular weight is 328 g/mol. The van der Waals surface area contributed by atoms with Gasteiger partial charge in [-0.1, -0.05) is 30.3 Å². The molecule has 0 aliphatic rings. The molecular weight excluding hydrogens is 316 g/mol. The second-order valence-corrected chi connectivity index (χ2v) is 6.74. The van der Waals surface area contributed by atoms with Gasteiger partial charge in [0, 0.05) is 30.3 Å². The Bertz CT molecular complexity index is 965. The number of hydrogen-bond donors (Lipinski definition) is 0. The van der Waals surface area contributed by atoms with Crippen LogP contribution in [0, 0.1) is 0 Å². The van der Waals surface area contributed by atoms with Gasteiger partial charge in [-0.2, -0.15) is 10.1 Å². The molecule has 2 aromatic heterocycles. The number of rotatable bonds is 4. The van der Waals surface area contributed by atoms with Gasteiger partial charge in [0.2, 0.25) is 15.0 Å². The van der Waals surface area contributed by atoms with Crippen LogP contribution in [0.25, 0.3) is 17.1 Å². The summed E-state index contributed by atoms with van der Waals surface area (Å²) >= 11 is 0. The lowest BCUT2D eigenvalue weighted by Gasteiger charge is -2.02. The molecule has 3 aromatic rings. The summed E-state index contributed by atoms with van der Waals surface area (Å²) in [6, 6.07) is 10.7. The third-order valence-electron chi connectivity index (χ3n) is 3.10. The summed E-state index contributed by atoms with van der Waals surface area (Å²) in [7, 11) is -3.53. The largest absolute Gasteiger partial charge is 0.298 e. The fraction of sp³-hybridized carbons (Fsp3) is 0.0667. The van der Waals surface area contributed by atoms with Crippen LogP contribution in [0.5, 0.6) is 0 Å². The normalized spacial score (nSPS) is 11.3. The molecule has 1 aromatic carbocycles. The van der Waals surface area contributed by atoms with Crippen LogP contribution in [-0.2, 0) is 9.84 Å². The zero-order valence-electron chi connectivity index (χ0n) is 12.1. The molecule has 0 fully saturated rings. The van der Waals surface area contributed by atoms with E-state index < -0.39 is 9.84 Å². The summed E-state index contributed by atoms with van der Waals surface area (Å²) in [6.45, 7) is 0. The number of carbonyl (C=O) groups is 1. The van der Waals surface area contributed by atoms with Crippen molar-refractivity contribution in [2.24, 2.45) is 0 Å². The first-order valence-corrected chi connectivity index (χ1v) is 8.52. The van der Waals surface area contributed by atoms with Gasteiger partial charge in [0.15, 0.2) is 12.1 Å². The second kappa shape index (κ2) is 5.73. The van der Waals surface area contributed by atoms with Crippen LogP contribution in [0.4, 0.5) is 0 Å². The van der Waals surface area contributed by atoms with Crippen molar-refractivity contribution in [1.29, 1.82) is 0 Å². The van der Waals surface area contributed by atoms with Crippen LogP contribution in [0.2, 0.25) is 0 Å². The Labute approximate surface area is 132 Å². The molecule has 7 nitrogen and oxygen atoms in total. The van der Waals surface area contributed by atoms with E-state index in [9.17, 15) is 13.2 Å². The molecule has 0 radical (unpaired) electrons. The Morgan fingerprint density at radius 3 is 2.52 bits per heavy atom. The van der Waals surface area contributed by atoms with E-state index in [1.165, 1.54) is 23.1 Å². The van der Waals surface area contributed by atoms with Crippen LogP contribution in [-0.4, -0.2) is 40.7 Å². The van der Waals surface area contributed by atoms with Crippen LogP contribution in [0.3, 0.4) is 0 Å². The minimum Gasteiger partial charge on any atom is -0.298 e. The lowest BCUT2D eigenvalue weighted by Crippen LogP contribution is -2.07. The number of nitrogens with zero attached hydrogens (tertiary/aromatic N) is 4. The summed E-state index contributed by atoms with van der Waals surface area (Å²) in [5.74, 6) is 0.269. The highest BCUT2D eigenvalue weighted by Crippen LogP contribution is 2.21. The van der Waals surface area contributed by atoms with Crippen LogP contribution >= 0.6 is 0 Å². The Kier molecular flexibility index (Phi) is 3.75. The van der Waals surface area contributed by atoms with Crippen molar-refractivity contribution in [2.75, 3.05) is 6.26 Å². The molecular formula is C15H12N4O3S. The minimum atomic E-state index is -3.53. The number of carbonyl (C=O) groups excluding carboxylic acids is 1. The number of hydrogen-bond acceptors (Lipinski definition) is 6. The van der Waals surface area contributed by atoms with Crippen molar-refractivity contribution in [3.63, 3.8) is 0 Å². The fourth-order valence-electron chi connectivity index (χ4n) is 2.05. The first-order chi connectivity index (χ1) is 11.0. The molecule has 0 bridgehead atoms. The Morgan fingerprint density at radius 1 is 1.13 bits per heavy atom. The summed E-state index contributed by atoms with van der Waals surface area (Å²) in [5, 5.41) is 4.05. The lowest BCUT2D eigenvalue weighted by molar-refractivity contribution is 0.112. The van der Waals surface area contributed by atoms with Gasteiger partial charge in [0.25, 0.3) is 0 Å². The monoisotopic (exact) mass is 328 g/mol. The maximum atomic E-state index is 11.6. The maximum absolute atomic E-state index is 11.6. The Morgan fingerprint density at radius 2 is 1.87 bits per heavy atom. The maximum Gasteiger partial charge on any atom is 0.248 e. The van der Waals surface area contributed by atoms with Gasteiger partial charge in [-0.3, -0.25) is 4.79 Å². The summed E-state index contributed by atoms with van der Waals surface area (Å²) < 4.78 is 24.5. The molecule has 0 saturated carbocycles. The van der Waals surface area contributed by atoms with Crippen molar-refractivity contribution < 1.29 is 13.2 Å². The third kappa shape index (κ3) is 3.02. The number of benzene rings is 1. The molecule has 0 spiro atoms. The molecule has 0 aliphatic carbocycles. The molecule has 116 valence electrons. The van der Waals surface area contributed by atoms with Gasteiger partial charge in [-0.05, 0) is 0 Å². The van der Waals surface area contributed by atoms with E-state index >= 15 is 0 Å². The van der Waals surface area contributed by atoms with Gasteiger partial charge in [-0.25, -0.2) is 18.1 Å². The van der Waals surface area contributed by atoms with Crippen LogP contribution in [0.15, 0.2) is 53.9 Å². The highest BCUT2D eigenvalue weighted by molar-refractivity contribution is 7.90. The molecule has 8 heteroatoms. The molecule has 0 unspecified atom stereocenters. The predicted molar refractivity (Wildman–Crippen MR) is 83.1 cm³/mol. The smallest absolute Gasteiger partial charge is 0.248 e. The minimum absolute atomic E-state index is 0.269. The van der Waals surface area contributed by atoms with E-state index in [1.807, 2.05) is 30.3 Å². The zero-order chi connectivity index (χ0) is 16.4. The van der Waals surface area contributed by atoms with Crippen molar-refractivity contribution >= 4 is 16.1 Å². The standard InChI is InChI=1S/C15H12N4O3S/c1-23(21,22)15-16-8-7-13(17-15)19-9-12(10-20)14(18-19)11-5-3-2-4-6-11/h2-10H,1H3. The molecule has 3 rings (SSSR count). The number of aldehydes is 1. The van der Waals surface area contributed by atoms with Gasteiger partial charge in [0.05, 0.1) is 5.56 Å². The third-order valence-corrected chi connectivity index (χ3v) is 3.96.